The van der Waals surface area contributed by atoms with Gasteiger partial charge in [-0.15, -0.1) is 0 Å². The Balaban J connectivity index is 1.48. The molecule has 0 bridgehead atoms. The van der Waals surface area contributed by atoms with Gasteiger partial charge in [-0.2, -0.15) is 5.10 Å². The maximum Gasteiger partial charge on any atom is 0.256 e. The number of hydrogen-bond donors (Lipinski definition) is 0. The second-order valence-corrected chi connectivity index (χ2v) is 7.68. The van der Waals surface area contributed by atoms with Gasteiger partial charge in [0.1, 0.15) is 17.2 Å². The molecule has 1 amide bonds. The van der Waals surface area contributed by atoms with E-state index in [1.807, 2.05) is 0 Å². The van der Waals surface area contributed by atoms with Gasteiger partial charge in [0, 0.05) is 30.4 Å². The first kappa shape index (κ1) is 18.7. The molecule has 5 nitrogen and oxygen atoms in total. The molecule has 0 fully saturated rings. The fourth-order valence-electron chi connectivity index (χ4n) is 3.80. The lowest BCUT2D eigenvalue weighted by molar-refractivity contribution is 0.0763. The number of carbonyl (C=O) groups excluding carboxylic acids is 1. The highest BCUT2D eigenvalue weighted by Gasteiger charge is 2.29. The Morgan fingerprint density at radius 2 is 1.87 bits per heavy atom. The molecular weight excluding hydrogens is 410 g/mol. The van der Waals surface area contributed by atoms with Crippen LogP contribution in [0.1, 0.15) is 21.6 Å². The predicted octanol–water partition coefficient (Wildman–Crippen LogP) is 4.72. The number of halogens is 3. The van der Waals surface area contributed by atoms with Gasteiger partial charge in [-0.1, -0.05) is 11.6 Å². The number of aromatic nitrogens is 3. The van der Waals surface area contributed by atoms with Crippen LogP contribution in [-0.4, -0.2) is 25.6 Å². The Kier molecular flexibility index (Phi) is 4.29. The molecule has 150 valence electrons. The van der Waals surface area contributed by atoms with E-state index in [0.717, 1.165) is 5.39 Å². The molecule has 0 saturated carbocycles. The van der Waals surface area contributed by atoms with E-state index in [4.69, 9.17) is 11.6 Å². The molecule has 2 aromatic carbocycles. The number of pyridine rings is 1. The van der Waals surface area contributed by atoms with Gasteiger partial charge in [0.25, 0.3) is 5.91 Å². The zero-order valence-corrected chi connectivity index (χ0v) is 16.6. The van der Waals surface area contributed by atoms with Gasteiger partial charge >= 0.3 is 0 Å². The molecule has 4 aromatic rings. The number of hydrogen-bond acceptors (Lipinski definition) is 3. The van der Waals surface area contributed by atoms with Crippen molar-refractivity contribution in [1.29, 1.82) is 0 Å². The number of carbonyl (C=O) groups is 1. The standard InChI is InChI=1S/C22H15ClF2N4O/c1-28-9-14-5-12(6-17(23)21(14)27-28)13-7-18(24)16(19(25)8-13)10-29-11-20-15(22(29)30)3-2-4-26-20/h2-9H,10-11H2,1H3. The summed E-state index contributed by atoms with van der Waals surface area (Å²) in [5.74, 6) is -1.72. The largest absolute Gasteiger partial charge is 0.328 e. The van der Waals surface area contributed by atoms with Crippen molar-refractivity contribution in [1.82, 2.24) is 19.7 Å². The molecule has 0 saturated heterocycles. The third-order valence-electron chi connectivity index (χ3n) is 5.25. The number of aryl methyl sites for hydroxylation is 1. The summed E-state index contributed by atoms with van der Waals surface area (Å²) < 4.78 is 31.4. The lowest BCUT2D eigenvalue weighted by Crippen LogP contribution is -2.24. The predicted molar refractivity (Wildman–Crippen MR) is 109 cm³/mol. The minimum absolute atomic E-state index is 0.159. The Hall–Kier alpha value is -3.32. The zero-order chi connectivity index (χ0) is 21.0. The zero-order valence-electron chi connectivity index (χ0n) is 15.9. The quantitative estimate of drug-likeness (QED) is 0.478. The highest BCUT2D eigenvalue weighted by Crippen LogP contribution is 2.32. The van der Waals surface area contributed by atoms with E-state index >= 15 is 0 Å². The van der Waals surface area contributed by atoms with Crippen molar-refractivity contribution in [2.45, 2.75) is 13.1 Å². The van der Waals surface area contributed by atoms with Gasteiger partial charge in [0.05, 0.1) is 29.4 Å². The Morgan fingerprint density at radius 1 is 1.13 bits per heavy atom. The second kappa shape index (κ2) is 6.88. The third-order valence-corrected chi connectivity index (χ3v) is 5.54. The molecule has 30 heavy (non-hydrogen) atoms. The van der Waals surface area contributed by atoms with Gasteiger partial charge in [-0.25, -0.2) is 8.78 Å². The molecule has 0 radical (unpaired) electrons. The lowest BCUT2D eigenvalue weighted by atomic mass is 10.0. The molecule has 1 aliphatic rings. The molecule has 2 aromatic heterocycles. The Morgan fingerprint density at radius 3 is 2.60 bits per heavy atom. The van der Waals surface area contributed by atoms with E-state index in [-0.39, 0.29) is 24.6 Å². The smallest absolute Gasteiger partial charge is 0.256 e. The molecule has 5 rings (SSSR count). The van der Waals surface area contributed by atoms with Crippen LogP contribution in [0, 0.1) is 11.6 Å². The number of fused-ring (bicyclic) bond motifs is 2. The molecular formula is C22H15ClF2N4O. The van der Waals surface area contributed by atoms with Crippen LogP contribution in [0.2, 0.25) is 5.02 Å². The molecule has 3 heterocycles. The summed E-state index contributed by atoms with van der Waals surface area (Å²) in [7, 11) is 1.78. The van der Waals surface area contributed by atoms with E-state index in [1.165, 1.54) is 17.0 Å². The molecule has 1 aliphatic heterocycles. The summed E-state index contributed by atoms with van der Waals surface area (Å²) >= 11 is 6.30. The van der Waals surface area contributed by atoms with Crippen LogP contribution in [0.15, 0.2) is 48.8 Å². The fourth-order valence-corrected chi connectivity index (χ4v) is 4.06. The Bertz CT molecular complexity index is 1310. The van der Waals surface area contributed by atoms with E-state index in [1.54, 1.807) is 48.4 Å². The third kappa shape index (κ3) is 3.02. The first-order valence-electron chi connectivity index (χ1n) is 9.25. The van der Waals surface area contributed by atoms with Gasteiger partial charge in [-0.3, -0.25) is 14.5 Å². The fraction of sp³-hybridized carbons (Fsp3) is 0.136. The van der Waals surface area contributed by atoms with Crippen molar-refractivity contribution in [2.24, 2.45) is 7.05 Å². The van der Waals surface area contributed by atoms with Gasteiger partial charge in [-0.05, 0) is 47.5 Å². The minimum atomic E-state index is -0.718. The highest BCUT2D eigenvalue weighted by atomic mass is 35.5. The van der Waals surface area contributed by atoms with Crippen molar-refractivity contribution >= 4 is 28.4 Å². The topological polar surface area (TPSA) is 51.0 Å². The normalized spacial score (nSPS) is 13.3. The van der Waals surface area contributed by atoms with Crippen molar-refractivity contribution in [3.63, 3.8) is 0 Å². The first-order chi connectivity index (χ1) is 14.4. The summed E-state index contributed by atoms with van der Waals surface area (Å²) in [6, 6.07) is 9.28. The molecule has 0 N–H and O–H groups in total. The van der Waals surface area contributed by atoms with Gasteiger partial charge in [0.15, 0.2) is 0 Å². The average Bonchev–Trinajstić information content (AvgIpc) is 3.24. The maximum atomic E-state index is 14.9. The van der Waals surface area contributed by atoms with Crippen LogP contribution in [0.3, 0.4) is 0 Å². The summed E-state index contributed by atoms with van der Waals surface area (Å²) in [5, 5.41) is 5.45. The molecule has 8 heteroatoms. The number of benzene rings is 2. The monoisotopic (exact) mass is 424 g/mol. The molecule has 0 spiro atoms. The van der Waals surface area contributed by atoms with E-state index in [0.29, 0.717) is 32.9 Å². The molecule has 0 atom stereocenters. The minimum Gasteiger partial charge on any atom is -0.328 e. The van der Waals surface area contributed by atoms with Gasteiger partial charge in [0.2, 0.25) is 0 Å². The highest BCUT2D eigenvalue weighted by molar-refractivity contribution is 6.35. The molecule has 0 aliphatic carbocycles. The number of nitrogens with zero attached hydrogens (tertiary/aromatic N) is 4. The van der Waals surface area contributed by atoms with Crippen LogP contribution in [0.4, 0.5) is 8.78 Å². The van der Waals surface area contributed by atoms with Crippen molar-refractivity contribution in [2.75, 3.05) is 0 Å². The number of amides is 1. The van der Waals surface area contributed by atoms with Gasteiger partial charge < -0.3 is 4.90 Å². The number of rotatable bonds is 3. The van der Waals surface area contributed by atoms with Crippen molar-refractivity contribution < 1.29 is 13.6 Å². The lowest BCUT2D eigenvalue weighted by Gasteiger charge is -2.17. The van der Waals surface area contributed by atoms with Crippen LogP contribution < -0.4 is 0 Å². The second-order valence-electron chi connectivity index (χ2n) is 7.28. The van der Waals surface area contributed by atoms with Crippen LogP contribution in [-0.2, 0) is 20.1 Å². The Labute approximate surface area is 175 Å². The van der Waals surface area contributed by atoms with Crippen LogP contribution in [0.25, 0.3) is 22.0 Å². The first-order valence-corrected chi connectivity index (χ1v) is 9.63. The molecule has 0 unspecified atom stereocenters. The maximum absolute atomic E-state index is 14.9. The summed E-state index contributed by atoms with van der Waals surface area (Å²) in [5.41, 5.74) is 2.49. The summed E-state index contributed by atoms with van der Waals surface area (Å²) in [4.78, 5) is 18.0. The summed E-state index contributed by atoms with van der Waals surface area (Å²) in [6.45, 7) is 0.0540. The van der Waals surface area contributed by atoms with Crippen molar-refractivity contribution in [3.8, 4) is 11.1 Å². The van der Waals surface area contributed by atoms with E-state index < -0.39 is 11.6 Å². The SMILES string of the molecule is Cn1cc2cc(-c3cc(F)c(CN4Cc5ncccc5C4=O)c(F)c3)cc(Cl)c2n1. The van der Waals surface area contributed by atoms with Crippen LogP contribution >= 0.6 is 11.6 Å². The summed E-state index contributed by atoms with van der Waals surface area (Å²) in [6.07, 6.45) is 3.38. The van der Waals surface area contributed by atoms with E-state index in [9.17, 15) is 13.6 Å². The van der Waals surface area contributed by atoms with Crippen molar-refractivity contribution in [3.05, 3.63) is 82.3 Å². The van der Waals surface area contributed by atoms with E-state index in [2.05, 4.69) is 10.1 Å². The average molecular weight is 425 g/mol. The van der Waals surface area contributed by atoms with Crippen LogP contribution in [0.5, 0.6) is 0 Å².